The summed E-state index contributed by atoms with van der Waals surface area (Å²) >= 11 is 0. The number of amides is 3. The summed E-state index contributed by atoms with van der Waals surface area (Å²) in [6, 6.07) is 17.8. The van der Waals surface area contributed by atoms with E-state index in [1.165, 1.54) is 10.5 Å². The second-order valence-corrected chi connectivity index (χ2v) is 9.22. The number of hydrogen-bond donors (Lipinski definition) is 1. The molecule has 7 heteroatoms. The standard InChI is InChI=1S/C27H34N4O3/c1-27(15-14-23-10-12-24(34-2)13-11-23)25(32)31(26(33)28-27)21-30-19-17-29(18-20-30)16-6-9-22-7-4-3-5-8-22/h3-13H,14-21H2,1-2H3,(H,28,33)/b9-6+. The lowest BCUT2D eigenvalue weighted by atomic mass is 9.93. The molecular formula is C27H34N4O3. The van der Waals surface area contributed by atoms with Crippen molar-refractivity contribution < 1.29 is 14.3 Å². The van der Waals surface area contributed by atoms with Gasteiger partial charge < -0.3 is 10.1 Å². The Morgan fingerprint density at radius 1 is 0.971 bits per heavy atom. The molecule has 0 bridgehead atoms. The van der Waals surface area contributed by atoms with Crippen LogP contribution in [0.5, 0.6) is 5.75 Å². The number of aryl methyl sites for hydroxylation is 1. The van der Waals surface area contributed by atoms with Gasteiger partial charge in [0.25, 0.3) is 5.91 Å². The van der Waals surface area contributed by atoms with Gasteiger partial charge in [-0.1, -0.05) is 54.6 Å². The van der Waals surface area contributed by atoms with Crippen LogP contribution >= 0.6 is 0 Å². The number of methoxy groups -OCH3 is 1. The fraction of sp³-hybridized carbons (Fsp3) is 0.407. The number of nitrogens with one attached hydrogen (secondary N) is 1. The van der Waals surface area contributed by atoms with E-state index in [-0.39, 0.29) is 11.9 Å². The maximum atomic E-state index is 13.1. The molecular weight excluding hydrogens is 428 g/mol. The van der Waals surface area contributed by atoms with Crippen LogP contribution in [0.15, 0.2) is 60.7 Å². The van der Waals surface area contributed by atoms with Crippen molar-refractivity contribution in [2.45, 2.75) is 25.3 Å². The lowest BCUT2D eigenvalue weighted by molar-refractivity contribution is -0.132. The van der Waals surface area contributed by atoms with Crippen LogP contribution in [0.2, 0.25) is 0 Å². The summed E-state index contributed by atoms with van der Waals surface area (Å²) in [5.74, 6) is 0.665. The lowest BCUT2D eigenvalue weighted by Crippen LogP contribution is -2.51. The Bertz CT molecular complexity index is 1000. The van der Waals surface area contributed by atoms with Gasteiger partial charge in [-0.05, 0) is 43.0 Å². The van der Waals surface area contributed by atoms with Crippen molar-refractivity contribution in [2.75, 3.05) is 46.5 Å². The predicted octanol–water partition coefficient (Wildman–Crippen LogP) is 3.23. The Morgan fingerprint density at radius 2 is 1.65 bits per heavy atom. The number of benzene rings is 2. The van der Waals surface area contributed by atoms with E-state index in [4.69, 9.17) is 4.74 Å². The molecule has 2 aromatic carbocycles. The van der Waals surface area contributed by atoms with Gasteiger partial charge in [0.15, 0.2) is 0 Å². The maximum Gasteiger partial charge on any atom is 0.326 e. The highest BCUT2D eigenvalue weighted by molar-refractivity contribution is 6.06. The van der Waals surface area contributed by atoms with Crippen molar-refractivity contribution in [1.82, 2.24) is 20.0 Å². The zero-order chi connectivity index (χ0) is 24.0. The van der Waals surface area contributed by atoms with Crippen molar-refractivity contribution in [1.29, 1.82) is 0 Å². The highest BCUT2D eigenvalue weighted by atomic mass is 16.5. The molecule has 34 heavy (non-hydrogen) atoms. The largest absolute Gasteiger partial charge is 0.497 e. The van der Waals surface area contributed by atoms with Crippen molar-refractivity contribution in [3.63, 3.8) is 0 Å². The fourth-order valence-electron chi connectivity index (χ4n) is 4.45. The molecule has 2 fully saturated rings. The molecule has 2 aliphatic heterocycles. The van der Waals surface area contributed by atoms with E-state index < -0.39 is 5.54 Å². The number of carbonyl (C=O) groups is 2. The van der Waals surface area contributed by atoms with Gasteiger partial charge in [0.05, 0.1) is 13.8 Å². The topological polar surface area (TPSA) is 65.1 Å². The molecule has 0 spiro atoms. The molecule has 1 unspecified atom stereocenters. The number of urea groups is 1. The van der Waals surface area contributed by atoms with Gasteiger partial charge in [0.1, 0.15) is 11.3 Å². The third-order valence-electron chi connectivity index (χ3n) is 6.70. The third kappa shape index (κ3) is 5.85. The van der Waals surface area contributed by atoms with Crippen molar-refractivity contribution in [3.05, 3.63) is 71.8 Å². The van der Waals surface area contributed by atoms with Crippen molar-refractivity contribution in [2.24, 2.45) is 0 Å². The summed E-state index contributed by atoms with van der Waals surface area (Å²) in [6.07, 6.45) is 5.60. The minimum atomic E-state index is -0.874. The van der Waals surface area contributed by atoms with Gasteiger partial charge in [-0.3, -0.25) is 14.6 Å². The van der Waals surface area contributed by atoms with E-state index in [0.717, 1.165) is 44.0 Å². The molecule has 4 rings (SSSR count). The van der Waals surface area contributed by atoms with Crippen LogP contribution in [0.25, 0.3) is 6.08 Å². The molecule has 2 heterocycles. The van der Waals surface area contributed by atoms with Gasteiger partial charge in [-0.15, -0.1) is 0 Å². The van der Waals surface area contributed by atoms with Crippen LogP contribution in [-0.2, 0) is 11.2 Å². The molecule has 2 aromatic rings. The Morgan fingerprint density at radius 3 is 2.32 bits per heavy atom. The second kappa shape index (κ2) is 10.8. The van der Waals surface area contributed by atoms with E-state index in [1.807, 2.05) is 49.4 Å². The van der Waals surface area contributed by atoms with Crippen LogP contribution in [0.3, 0.4) is 0 Å². The number of imide groups is 1. The number of carbonyl (C=O) groups excluding carboxylic acids is 2. The highest BCUT2D eigenvalue weighted by Gasteiger charge is 2.47. The molecule has 1 atom stereocenters. The number of piperazine rings is 1. The second-order valence-electron chi connectivity index (χ2n) is 9.22. The first-order chi connectivity index (χ1) is 16.5. The van der Waals surface area contributed by atoms with Crippen LogP contribution < -0.4 is 10.1 Å². The predicted molar refractivity (Wildman–Crippen MR) is 133 cm³/mol. The normalized spacial score (nSPS) is 21.9. The van der Waals surface area contributed by atoms with Gasteiger partial charge >= 0.3 is 6.03 Å². The maximum absolute atomic E-state index is 13.1. The summed E-state index contributed by atoms with van der Waals surface area (Å²) < 4.78 is 5.20. The molecule has 1 N–H and O–H groups in total. The molecule has 0 aromatic heterocycles. The van der Waals surface area contributed by atoms with E-state index in [1.54, 1.807) is 7.11 Å². The van der Waals surface area contributed by atoms with E-state index >= 15 is 0 Å². The number of rotatable bonds is 9. The SMILES string of the molecule is COc1ccc(CCC2(C)NC(=O)N(CN3CCN(C/C=C/c4ccccc4)CC3)C2=O)cc1. The Kier molecular flexibility index (Phi) is 7.65. The first-order valence-electron chi connectivity index (χ1n) is 11.9. The molecule has 3 amide bonds. The number of ether oxygens (including phenoxy) is 1. The van der Waals surface area contributed by atoms with Gasteiger partial charge in [-0.2, -0.15) is 0 Å². The first-order valence-corrected chi connectivity index (χ1v) is 11.9. The molecule has 2 saturated heterocycles. The van der Waals surface area contributed by atoms with E-state index in [0.29, 0.717) is 19.5 Å². The molecule has 180 valence electrons. The van der Waals surface area contributed by atoms with Crippen LogP contribution in [0.1, 0.15) is 24.5 Å². The van der Waals surface area contributed by atoms with E-state index in [2.05, 4.69) is 39.4 Å². The summed E-state index contributed by atoms with van der Waals surface area (Å²) in [7, 11) is 1.64. The average Bonchev–Trinajstić information content (AvgIpc) is 3.08. The number of nitrogens with zero attached hydrogens (tertiary/aromatic N) is 3. The number of hydrogen-bond acceptors (Lipinski definition) is 5. The molecule has 7 nitrogen and oxygen atoms in total. The summed E-state index contributed by atoms with van der Waals surface area (Å²) in [5, 5.41) is 2.93. The van der Waals surface area contributed by atoms with Crippen molar-refractivity contribution in [3.8, 4) is 5.75 Å². The third-order valence-corrected chi connectivity index (χ3v) is 6.70. The molecule has 0 aliphatic carbocycles. The Balaban J connectivity index is 1.24. The zero-order valence-electron chi connectivity index (χ0n) is 20.1. The van der Waals surface area contributed by atoms with Crippen LogP contribution in [0, 0.1) is 0 Å². The van der Waals surface area contributed by atoms with Gasteiger partial charge in [0.2, 0.25) is 0 Å². The molecule has 0 saturated carbocycles. The summed E-state index contributed by atoms with van der Waals surface area (Å²) in [6.45, 7) is 6.56. The van der Waals surface area contributed by atoms with E-state index in [9.17, 15) is 9.59 Å². The van der Waals surface area contributed by atoms with Crippen LogP contribution in [-0.4, -0.2) is 78.7 Å². The minimum Gasteiger partial charge on any atom is -0.497 e. The summed E-state index contributed by atoms with van der Waals surface area (Å²) in [4.78, 5) is 31.7. The monoisotopic (exact) mass is 462 g/mol. The Hall–Kier alpha value is -3.16. The quantitative estimate of drug-likeness (QED) is 0.580. The Labute approximate surface area is 202 Å². The van der Waals surface area contributed by atoms with Crippen molar-refractivity contribution >= 4 is 18.0 Å². The summed E-state index contributed by atoms with van der Waals surface area (Å²) in [5.41, 5.74) is 1.44. The van der Waals surface area contributed by atoms with Crippen LogP contribution in [0.4, 0.5) is 4.79 Å². The first kappa shape index (κ1) is 24.0. The average molecular weight is 463 g/mol. The molecule has 0 radical (unpaired) electrons. The van der Waals surface area contributed by atoms with Gasteiger partial charge in [-0.25, -0.2) is 9.69 Å². The molecule has 2 aliphatic rings. The lowest BCUT2D eigenvalue weighted by Gasteiger charge is -2.35. The smallest absolute Gasteiger partial charge is 0.326 e. The zero-order valence-corrected chi connectivity index (χ0v) is 20.1. The minimum absolute atomic E-state index is 0.140. The fourth-order valence-corrected chi connectivity index (χ4v) is 4.45. The highest BCUT2D eigenvalue weighted by Crippen LogP contribution is 2.24. The van der Waals surface area contributed by atoms with Gasteiger partial charge in [0, 0.05) is 32.7 Å².